The zero-order valence-corrected chi connectivity index (χ0v) is 14.1. The first kappa shape index (κ1) is 17.1. The summed E-state index contributed by atoms with van der Waals surface area (Å²) >= 11 is 1.48. The smallest absolute Gasteiger partial charge is 0.367 e. The fourth-order valence-electron chi connectivity index (χ4n) is 1.83. The Morgan fingerprint density at radius 1 is 1.43 bits per heavy atom. The normalized spacial score (nSPS) is 10.4. The van der Waals surface area contributed by atoms with E-state index in [9.17, 15) is 19.6 Å². The predicted molar refractivity (Wildman–Crippen MR) is 86.7 cm³/mol. The van der Waals surface area contributed by atoms with Crippen molar-refractivity contribution in [3.05, 3.63) is 57.5 Å². The Morgan fingerprint density at radius 2 is 2.17 bits per heavy atom. The van der Waals surface area contributed by atoms with Crippen molar-refractivity contribution < 1.29 is 18.7 Å². The molecule has 2 rings (SSSR count). The summed E-state index contributed by atoms with van der Waals surface area (Å²) in [6, 6.07) is 4.18. The molecular weight excluding hydrogens is 424 g/mol. The van der Waals surface area contributed by atoms with Crippen molar-refractivity contribution in [1.82, 2.24) is 14.5 Å². The van der Waals surface area contributed by atoms with E-state index >= 15 is 0 Å². The zero-order valence-electron chi connectivity index (χ0n) is 11.9. The number of aromatic amines is 1. The zero-order chi connectivity index (χ0) is 17.0. The van der Waals surface area contributed by atoms with Gasteiger partial charge in [0.1, 0.15) is 25.1 Å². The van der Waals surface area contributed by atoms with Gasteiger partial charge in [-0.3, -0.25) is 4.90 Å². The van der Waals surface area contributed by atoms with Crippen molar-refractivity contribution in [3.8, 4) is 5.75 Å². The predicted octanol–water partition coefficient (Wildman–Crippen LogP) is 1.91. The first-order valence-electron chi connectivity index (χ1n) is 6.32. The molecule has 0 radical (unpaired) electrons. The lowest BCUT2D eigenvalue weighted by Gasteiger charge is -2.11. The van der Waals surface area contributed by atoms with Crippen LogP contribution in [-0.2, 0) is 25.0 Å². The standard InChI is InChI=1S/C13H12FIN3O5/c1-17-9(5-16-13(17)18(20)21)7-22-11-3-2-8(4-10(11)14)6-23-12(15)19/h2-5,16H,6-7H2,1H3/q-1. The number of carbonyl (C=O) groups excluding carboxylic acids is 1. The van der Waals surface area contributed by atoms with Crippen LogP contribution >= 0.6 is 22.6 Å². The molecule has 124 valence electrons. The molecule has 0 aliphatic carbocycles. The number of halogens is 2. The number of nitrogens with one attached hydrogen (secondary N) is 1. The minimum atomic E-state index is -0.611. The van der Waals surface area contributed by atoms with Crippen LogP contribution in [-0.4, -0.2) is 13.5 Å². The highest BCUT2D eigenvalue weighted by atomic mass is 127. The molecule has 0 spiro atoms. The Morgan fingerprint density at radius 3 is 2.74 bits per heavy atom. The molecule has 0 fully saturated rings. The Kier molecular flexibility index (Phi) is 5.47. The second-order valence-electron chi connectivity index (χ2n) is 4.50. The number of H-pyrrole nitrogens is 1. The van der Waals surface area contributed by atoms with Gasteiger partial charge < -0.3 is 19.9 Å². The second kappa shape index (κ2) is 7.35. The van der Waals surface area contributed by atoms with Crippen LogP contribution in [0.3, 0.4) is 0 Å². The molecule has 0 aliphatic rings. The van der Waals surface area contributed by atoms with E-state index in [0.717, 1.165) is 0 Å². The highest BCUT2D eigenvalue weighted by Crippen LogP contribution is 2.20. The SMILES string of the molecule is Cn1c(COc2ccc(COC(=O)I)cc2F)c[nH]c1=[N+]([O-])[O-]. The molecular formula is C13H12FIN3O5-. The van der Waals surface area contributed by atoms with E-state index in [1.54, 1.807) is 6.07 Å². The molecule has 2 aromatic rings. The van der Waals surface area contributed by atoms with Crippen LogP contribution in [0.25, 0.3) is 0 Å². The quantitative estimate of drug-likeness (QED) is 0.438. The molecule has 0 saturated carbocycles. The first-order valence-corrected chi connectivity index (χ1v) is 7.40. The van der Waals surface area contributed by atoms with Gasteiger partial charge >= 0.3 is 9.59 Å². The molecule has 0 amide bonds. The highest BCUT2D eigenvalue weighted by molar-refractivity contribution is 14.1. The molecule has 23 heavy (non-hydrogen) atoms. The lowest BCUT2D eigenvalue weighted by atomic mass is 10.2. The number of rotatable bonds is 5. The van der Waals surface area contributed by atoms with E-state index in [2.05, 4.69) is 4.98 Å². The van der Waals surface area contributed by atoms with Crippen LogP contribution < -0.4 is 15.3 Å². The summed E-state index contributed by atoms with van der Waals surface area (Å²) in [5, 5.41) is 21.5. The fourth-order valence-corrected chi connectivity index (χ4v) is 1.99. The van der Waals surface area contributed by atoms with Crippen LogP contribution in [0.5, 0.6) is 5.75 Å². The van der Waals surface area contributed by atoms with Crippen molar-refractivity contribution >= 4 is 26.6 Å². The van der Waals surface area contributed by atoms with E-state index in [1.165, 1.54) is 52.5 Å². The van der Waals surface area contributed by atoms with Gasteiger partial charge in [-0.1, -0.05) is 6.07 Å². The van der Waals surface area contributed by atoms with Gasteiger partial charge in [-0.15, -0.1) is 0 Å². The van der Waals surface area contributed by atoms with E-state index in [1.807, 2.05) is 0 Å². The van der Waals surface area contributed by atoms with Gasteiger partial charge in [0.2, 0.25) is 0 Å². The van der Waals surface area contributed by atoms with Gasteiger partial charge in [-0.25, -0.2) is 18.7 Å². The van der Waals surface area contributed by atoms with Gasteiger partial charge in [-0.05, 0) is 17.7 Å². The number of imidazole rings is 1. The summed E-state index contributed by atoms with van der Waals surface area (Å²) < 4.78 is 24.8. The van der Waals surface area contributed by atoms with E-state index in [-0.39, 0.29) is 24.6 Å². The van der Waals surface area contributed by atoms with E-state index in [0.29, 0.717) is 11.3 Å². The lowest BCUT2D eigenvalue weighted by molar-refractivity contribution is 0.172. The van der Waals surface area contributed by atoms with Crippen LogP contribution in [0.15, 0.2) is 24.4 Å². The van der Waals surface area contributed by atoms with Gasteiger partial charge in [0.05, 0.1) is 29.6 Å². The third kappa shape index (κ3) is 4.37. The largest absolute Gasteiger partial charge is 0.744 e. The third-order valence-electron chi connectivity index (χ3n) is 3.01. The Balaban J connectivity index is 2.06. The van der Waals surface area contributed by atoms with Crippen molar-refractivity contribution in [2.75, 3.05) is 0 Å². The fraction of sp³-hybridized carbons (Fsp3) is 0.231. The molecule has 10 heteroatoms. The minimum Gasteiger partial charge on any atom is -0.744 e. The van der Waals surface area contributed by atoms with Gasteiger partial charge in [0.15, 0.2) is 11.6 Å². The molecule has 1 N–H and O–H groups in total. The Labute approximate surface area is 143 Å². The minimum absolute atomic E-state index is 0.00148. The van der Waals surface area contributed by atoms with Crippen LogP contribution in [0.2, 0.25) is 0 Å². The summed E-state index contributed by atoms with van der Waals surface area (Å²) in [5.41, 5.74) is 0.779. The topological polar surface area (TPSA) is 105 Å². The number of ether oxygens (including phenoxy) is 2. The van der Waals surface area contributed by atoms with Crippen molar-refractivity contribution in [2.24, 2.45) is 7.05 Å². The van der Waals surface area contributed by atoms with Crippen LogP contribution in [0.1, 0.15) is 11.3 Å². The average Bonchev–Trinajstić information content (AvgIpc) is 2.85. The monoisotopic (exact) mass is 436 g/mol. The van der Waals surface area contributed by atoms with Crippen LogP contribution in [0.4, 0.5) is 9.18 Å². The summed E-state index contributed by atoms with van der Waals surface area (Å²) in [5.74, 6) is -0.613. The number of carbonyl (C=O) groups is 1. The third-order valence-corrected chi connectivity index (χ3v) is 3.32. The molecule has 0 bridgehead atoms. The second-order valence-corrected chi connectivity index (χ2v) is 5.38. The maximum absolute atomic E-state index is 13.9. The van der Waals surface area contributed by atoms with E-state index in [4.69, 9.17) is 9.47 Å². The molecule has 0 unspecified atom stereocenters. The van der Waals surface area contributed by atoms with Gasteiger partial charge in [0, 0.05) is 0 Å². The maximum atomic E-state index is 13.9. The summed E-state index contributed by atoms with van der Waals surface area (Å²) in [6.45, 7) is -0.0716. The molecule has 0 aliphatic heterocycles. The molecule has 8 nitrogen and oxygen atoms in total. The van der Waals surface area contributed by atoms with Gasteiger partial charge in [0.25, 0.3) is 0 Å². The number of benzene rings is 1. The molecule has 0 saturated heterocycles. The van der Waals surface area contributed by atoms with Crippen molar-refractivity contribution in [2.45, 2.75) is 13.2 Å². The van der Waals surface area contributed by atoms with Gasteiger partial charge in [-0.2, -0.15) is 0 Å². The number of aromatic nitrogens is 2. The van der Waals surface area contributed by atoms with Crippen molar-refractivity contribution in [3.63, 3.8) is 0 Å². The lowest BCUT2D eigenvalue weighted by Crippen LogP contribution is -2.29. The summed E-state index contributed by atoms with van der Waals surface area (Å²) in [6.07, 6.45) is 1.42. The Bertz CT molecular complexity index is 782. The van der Waals surface area contributed by atoms with Crippen molar-refractivity contribution in [1.29, 1.82) is 0 Å². The average molecular weight is 436 g/mol. The molecule has 1 aromatic heterocycles. The molecule has 0 atom stereocenters. The maximum Gasteiger partial charge on any atom is 0.367 e. The summed E-state index contributed by atoms with van der Waals surface area (Å²) in [4.78, 5) is 12.6. The first-order chi connectivity index (χ1) is 10.9. The summed E-state index contributed by atoms with van der Waals surface area (Å²) in [7, 11) is 1.51. The number of hydrogen-bond donors (Lipinski definition) is 1. The van der Waals surface area contributed by atoms with Crippen LogP contribution in [0, 0.1) is 16.2 Å². The highest BCUT2D eigenvalue weighted by Gasteiger charge is 2.11. The number of hydrogen-bond acceptors (Lipinski definition) is 5. The van der Waals surface area contributed by atoms with E-state index < -0.39 is 14.7 Å². The number of nitrogens with zero attached hydrogens (tertiary/aromatic N) is 2. The Hall–Kier alpha value is -2.24. The molecule has 1 aromatic carbocycles. The molecule has 1 heterocycles.